The van der Waals surface area contributed by atoms with Crippen LogP contribution < -0.4 is 0 Å². The van der Waals surface area contributed by atoms with Crippen molar-refractivity contribution in [2.24, 2.45) is 0 Å². The average Bonchev–Trinajstić information content (AvgIpc) is 2.20. The molecule has 0 aliphatic heterocycles. The molecule has 0 radical (unpaired) electrons. The molecule has 0 aliphatic rings. The quantitative estimate of drug-likeness (QED) is 0.763. The van der Waals surface area contributed by atoms with E-state index in [0.717, 1.165) is 10.5 Å². The van der Waals surface area contributed by atoms with E-state index in [4.69, 9.17) is 5.26 Å². The van der Waals surface area contributed by atoms with E-state index in [0.29, 0.717) is 6.42 Å². The molecule has 1 aromatic rings. The van der Waals surface area contributed by atoms with Crippen molar-refractivity contribution >= 4 is 10.8 Å². The molecule has 0 aliphatic carbocycles. The first kappa shape index (κ1) is 10.9. The number of nitrogens with zero attached hydrogens (tertiary/aromatic N) is 1. The topological polar surface area (TPSA) is 40.9 Å². The summed E-state index contributed by atoms with van der Waals surface area (Å²) in [6.07, 6.45) is 0.622. The molecule has 0 fully saturated rings. The Morgan fingerprint density at radius 1 is 1.50 bits per heavy atom. The third-order valence-corrected chi connectivity index (χ3v) is 3.93. The lowest BCUT2D eigenvalue weighted by molar-refractivity contribution is 0.675. The Labute approximate surface area is 87.0 Å². The van der Waals surface area contributed by atoms with Gasteiger partial charge < -0.3 is 0 Å². The van der Waals surface area contributed by atoms with Crippen LogP contribution in [0, 0.1) is 18.3 Å². The van der Waals surface area contributed by atoms with Crippen molar-refractivity contribution in [3.8, 4) is 6.07 Å². The van der Waals surface area contributed by atoms with Crippen LogP contribution >= 0.6 is 0 Å². The lowest BCUT2D eigenvalue weighted by atomic mass is 10.2. The highest BCUT2D eigenvalue weighted by atomic mass is 32.2. The second kappa shape index (κ2) is 4.92. The average molecular weight is 207 g/mol. The molecule has 0 heterocycles. The minimum atomic E-state index is -1.19. The smallest absolute Gasteiger partial charge is 0.126 e. The second-order valence-corrected chi connectivity index (χ2v) is 4.69. The minimum absolute atomic E-state index is 0.393. The molecule has 0 bridgehead atoms. The molecule has 2 atom stereocenters. The molecular weight excluding hydrogens is 194 g/mol. The molecule has 0 spiro atoms. The van der Waals surface area contributed by atoms with E-state index in [1.807, 2.05) is 38.1 Å². The molecule has 0 saturated carbocycles. The summed E-state index contributed by atoms with van der Waals surface area (Å²) < 4.78 is 11.9. The van der Waals surface area contributed by atoms with Crippen molar-refractivity contribution in [3.05, 3.63) is 29.8 Å². The number of rotatable bonds is 3. The van der Waals surface area contributed by atoms with Crippen molar-refractivity contribution in [3.63, 3.8) is 0 Å². The van der Waals surface area contributed by atoms with Gasteiger partial charge in [0.15, 0.2) is 0 Å². The van der Waals surface area contributed by atoms with Gasteiger partial charge in [-0.15, -0.1) is 0 Å². The van der Waals surface area contributed by atoms with E-state index in [9.17, 15) is 4.21 Å². The van der Waals surface area contributed by atoms with Gasteiger partial charge >= 0.3 is 0 Å². The molecule has 74 valence electrons. The first-order valence-electron chi connectivity index (χ1n) is 4.56. The fourth-order valence-electron chi connectivity index (χ4n) is 1.23. The monoisotopic (exact) mass is 207 g/mol. The number of hydrogen-bond acceptors (Lipinski definition) is 2. The molecule has 14 heavy (non-hydrogen) atoms. The summed E-state index contributed by atoms with van der Waals surface area (Å²) in [4.78, 5) is 0.779. The fraction of sp³-hybridized carbons (Fsp3) is 0.364. The Bertz CT molecular complexity index is 381. The first-order chi connectivity index (χ1) is 6.70. The molecule has 1 aromatic carbocycles. The number of nitriles is 1. The number of aryl methyl sites for hydroxylation is 1. The van der Waals surface area contributed by atoms with Crippen molar-refractivity contribution in [1.82, 2.24) is 0 Å². The summed E-state index contributed by atoms with van der Waals surface area (Å²) in [6.45, 7) is 3.79. The normalized spacial score (nSPS) is 14.4. The maximum atomic E-state index is 11.9. The van der Waals surface area contributed by atoms with Crippen molar-refractivity contribution in [1.29, 1.82) is 5.26 Å². The van der Waals surface area contributed by atoms with Crippen LogP contribution in [-0.4, -0.2) is 9.46 Å². The highest BCUT2D eigenvalue weighted by Gasteiger charge is 2.16. The van der Waals surface area contributed by atoms with E-state index < -0.39 is 16.0 Å². The van der Waals surface area contributed by atoms with Gasteiger partial charge in [0.1, 0.15) is 5.25 Å². The molecule has 1 rings (SSSR count). The lowest BCUT2D eigenvalue weighted by Crippen LogP contribution is -2.12. The van der Waals surface area contributed by atoms with Crippen LogP contribution in [0.5, 0.6) is 0 Å². The van der Waals surface area contributed by atoms with Crippen molar-refractivity contribution in [2.75, 3.05) is 0 Å². The van der Waals surface area contributed by atoms with E-state index >= 15 is 0 Å². The van der Waals surface area contributed by atoms with E-state index in [-0.39, 0.29) is 0 Å². The minimum Gasteiger partial charge on any atom is -0.253 e. The SMILES string of the molecule is CCC(C#N)S(=O)c1ccccc1C. The van der Waals surface area contributed by atoms with Gasteiger partial charge in [0.2, 0.25) is 0 Å². The zero-order valence-corrected chi connectivity index (χ0v) is 9.17. The maximum Gasteiger partial charge on any atom is 0.126 e. The summed E-state index contributed by atoms with van der Waals surface area (Å²) in [5, 5.41) is 8.41. The third kappa shape index (κ3) is 2.21. The van der Waals surface area contributed by atoms with Crippen LogP contribution in [0.15, 0.2) is 29.2 Å². The molecule has 0 aromatic heterocycles. The van der Waals surface area contributed by atoms with Gasteiger partial charge in [-0.05, 0) is 25.0 Å². The Balaban J connectivity index is 3.01. The lowest BCUT2D eigenvalue weighted by Gasteiger charge is -2.08. The third-order valence-electron chi connectivity index (χ3n) is 2.08. The van der Waals surface area contributed by atoms with E-state index in [2.05, 4.69) is 6.07 Å². The predicted octanol–water partition coefficient (Wildman–Crippen LogP) is 2.40. The Morgan fingerprint density at radius 2 is 2.14 bits per heavy atom. The number of benzene rings is 1. The summed E-state index contributed by atoms with van der Waals surface area (Å²) in [5.74, 6) is 0. The van der Waals surface area contributed by atoms with Gasteiger partial charge in [0.25, 0.3) is 0 Å². The number of hydrogen-bond donors (Lipinski definition) is 0. The highest BCUT2D eigenvalue weighted by Crippen LogP contribution is 2.17. The molecule has 0 N–H and O–H groups in total. The standard InChI is InChI=1S/C11H13NOS/c1-3-10(8-12)14(13)11-7-5-4-6-9(11)2/h4-7,10H,3H2,1-2H3. The first-order valence-corrected chi connectivity index (χ1v) is 5.77. The van der Waals surface area contributed by atoms with Crippen LogP contribution in [0.2, 0.25) is 0 Å². The van der Waals surface area contributed by atoms with Crippen molar-refractivity contribution < 1.29 is 4.21 Å². The van der Waals surface area contributed by atoms with Gasteiger partial charge in [-0.1, -0.05) is 25.1 Å². The maximum absolute atomic E-state index is 11.9. The Hall–Kier alpha value is -1.14. The summed E-state index contributed by atoms with van der Waals surface area (Å²) in [6, 6.07) is 9.57. The summed E-state index contributed by atoms with van der Waals surface area (Å²) in [7, 11) is -1.19. The zero-order valence-electron chi connectivity index (χ0n) is 8.36. The Kier molecular flexibility index (Phi) is 3.84. The van der Waals surface area contributed by atoms with Crippen LogP contribution in [0.25, 0.3) is 0 Å². The summed E-state index contributed by atoms with van der Waals surface area (Å²) in [5.41, 5.74) is 0.986. The van der Waals surface area contributed by atoms with E-state index in [1.54, 1.807) is 0 Å². The molecular formula is C11H13NOS. The Morgan fingerprint density at radius 3 is 2.64 bits per heavy atom. The van der Waals surface area contributed by atoms with Crippen LogP contribution in [0.3, 0.4) is 0 Å². The van der Waals surface area contributed by atoms with Crippen LogP contribution in [0.1, 0.15) is 18.9 Å². The fourth-order valence-corrected chi connectivity index (χ4v) is 2.53. The molecule has 0 saturated heterocycles. The van der Waals surface area contributed by atoms with Gasteiger partial charge in [-0.25, -0.2) is 0 Å². The highest BCUT2D eigenvalue weighted by molar-refractivity contribution is 7.86. The molecule has 3 heteroatoms. The molecule has 0 amide bonds. The summed E-state index contributed by atoms with van der Waals surface area (Å²) >= 11 is 0. The van der Waals surface area contributed by atoms with Crippen LogP contribution in [-0.2, 0) is 10.8 Å². The largest absolute Gasteiger partial charge is 0.253 e. The predicted molar refractivity (Wildman–Crippen MR) is 57.3 cm³/mol. The second-order valence-electron chi connectivity index (χ2n) is 3.09. The molecule has 2 unspecified atom stereocenters. The van der Waals surface area contributed by atoms with Crippen LogP contribution in [0.4, 0.5) is 0 Å². The van der Waals surface area contributed by atoms with Gasteiger partial charge in [0, 0.05) is 4.90 Å². The van der Waals surface area contributed by atoms with Gasteiger partial charge in [-0.2, -0.15) is 5.26 Å². The van der Waals surface area contributed by atoms with Crippen molar-refractivity contribution in [2.45, 2.75) is 30.4 Å². The van der Waals surface area contributed by atoms with Gasteiger partial charge in [0.05, 0.1) is 16.9 Å². The molecule has 2 nitrogen and oxygen atoms in total. The zero-order chi connectivity index (χ0) is 10.6. The van der Waals surface area contributed by atoms with E-state index in [1.165, 1.54) is 0 Å². The van der Waals surface area contributed by atoms with Gasteiger partial charge in [-0.3, -0.25) is 4.21 Å².